The molecule has 4 nitrogen and oxygen atoms in total. The van der Waals surface area contributed by atoms with E-state index in [1.807, 2.05) is 47.2 Å². The van der Waals surface area contributed by atoms with Gasteiger partial charge in [0.15, 0.2) is 11.6 Å². The van der Waals surface area contributed by atoms with Crippen molar-refractivity contribution in [3.63, 3.8) is 0 Å². The quantitative estimate of drug-likeness (QED) is 0.781. The summed E-state index contributed by atoms with van der Waals surface area (Å²) in [5.41, 5.74) is 2.11. The first-order valence-electron chi connectivity index (χ1n) is 7.15. The van der Waals surface area contributed by atoms with E-state index in [9.17, 15) is 5.11 Å². The fourth-order valence-corrected chi connectivity index (χ4v) is 2.45. The molecule has 108 valence electrons. The molecule has 2 heterocycles. The number of aliphatic hydroxyl groups excluding tert-OH is 1. The van der Waals surface area contributed by atoms with Crippen molar-refractivity contribution < 1.29 is 9.52 Å². The lowest BCUT2D eigenvalue weighted by molar-refractivity contribution is 0.299. The molecular formula is C17H18N2O2. The van der Waals surface area contributed by atoms with Gasteiger partial charge in [0.2, 0.25) is 0 Å². The molecule has 4 heteroatoms. The first-order valence-corrected chi connectivity index (χ1v) is 7.15. The minimum absolute atomic E-state index is 0.127. The molecule has 21 heavy (non-hydrogen) atoms. The van der Waals surface area contributed by atoms with Crippen LogP contribution in [0.1, 0.15) is 18.2 Å². The summed E-state index contributed by atoms with van der Waals surface area (Å²) in [5, 5.41) is 9.22. The molecule has 3 rings (SSSR count). The maximum atomic E-state index is 9.22. The fourth-order valence-electron chi connectivity index (χ4n) is 2.45. The Balaban J connectivity index is 2.07. The second-order valence-corrected chi connectivity index (χ2v) is 4.84. The first kappa shape index (κ1) is 13.6. The van der Waals surface area contributed by atoms with E-state index in [0.717, 1.165) is 35.0 Å². The van der Waals surface area contributed by atoms with Crippen LogP contribution in [0.2, 0.25) is 0 Å². The van der Waals surface area contributed by atoms with Gasteiger partial charge in [-0.1, -0.05) is 25.1 Å². The third-order valence-electron chi connectivity index (χ3n) is 3.50. The fraction of sp³-hybridized carbons (Fsp3) is 0.235. The van der Waals surface area contributed by atoms with Crippen LogP contribution in [0.15, 0.2) is 53.2 Å². The molecule has 0 saturated heterocycles. The summed E-state index contributed by atoms with van der Waals surface area (Å²) in [5.74, 6) is 2.49. The van der Waals surface area contributed by atoms with E-state index in [2.05, 4.69) is 11.9 Å². The summed E-state index contributed by atoms with van der Waals surface area (Å²) in [7, 11) is 0. The second kappa shape index (κ2) is 5.97. The van der Waals surface area contributed by atoms with Crippen molar-refractivity contribution in [2.45, 2.75) is 19.8 Å². The molecule has 0 radical (unpaired) electrons. The van der Waals surface area contributed by atoms with Crippen LogP contribution in [-0.2, 0) is 12.8 Å². The van der Waals surface area contributed by atoms with Crippen LogP contribution in [0.5, 0.6) is 0 Å². The summed E-state index contributed by atoms with van der Waals surface area (Å²) in [6.07, 6.45) is 5.16. The summed E-state index contributed by atoms with van der Waals surface area (Å²) < 4.78 is 7.81. The summed E-state index contributed by atoms with van der Waals surface area (Å²) in [6, 6.07) is 11.9. The third kappa shape index (κ3) is 2.62. The van der Waals surface area contributed by atoms with E-state index in [4.69, 9.17) is 4.42 Å². The lowest BCUT2D eigenvalue weighted by atomic mass is 10.1. The number of para-hydroxylation sites is 1. The standard InChI is InChI=1S/C17H18N2O2/c1-2-14-7-8-16(21-14)17-18-10-11-19(17)15-6-4-3-5-13(15)9-12-20/h3-8,10-11,20H,2,9,12H2,1H3. The zero-order valence-corrected chi connectivity index (χ0v) is 12.0. The normalized spacial score (nSPS) is 11.0. The topological polar surface area (TPSA) is 51.2 Å². The summed E-state index contributed by atoms with van der Waals surface area (Å²) in [4.78, 5) is 4.42. The molecule has 0 aliphatic carbocycles. The predicted octanol–water partition coefficient (Wildman–Crippen LogP) is 3.23. The number of nitrogens with zero attached hydrogens (tertiary/aromatic N) is 2. The molecule has 0 aliphatic heterocycles. The number of benzene rings is 1. The van der Waals surface area contributed by atoms with Gasteiger partial charge in [-0.25, -0.2) is 4.98 Å². The van der Waals surface area contributed by atoms with E-state index >= 15 is 0 Å². The summed E-state index contributed by atoms with van der Waals surface area (Å²) in [6.45, 7) is 2.19. The Morgan fingerprint density at radius 3 is 2.81 bits per heavy atom. The molecule has 1 N–H and O–H groups in total. The van der Waals surface area contributed by atoms with Crippen LogP contribution in [0.4, 0.5) is 0 Å². The second-order valence-electron chi connectivity index (χ2n) is 4.84. The van der Waals surface area contributed by atoms with Crippen LogP contribution in [0.25, 0.3) is 17.3 Å². The average molecular weight is 282 g/mol. The molecule has 1 aromatic carbocycles. The van der Waals surface area contributed by atoms with Gasteiger partial charge in [0.25, 0.3) is 0 Å². The van der Waals surface area contributed by atoms with Gasteiger partial charge in [0.1, 0.15) is 5.76 Å². The molecule has 0 fully saturated rings. The molecule has 0 spiro atoms. The Kier molecular flexibility index (Phi) is 3.88. The van der Waals surface area contributed by atoms with Crippen LogP contribution in [-0.4, -0.2) is 21.3 Å². The molecule has 0 bridgehead atoms. The number of aromatic nitrogens is 2. The van der Waals surface area contributed by atoms with Crippen molar-refractivity contribution in [1.82, 2.24) is 9.55 Å². The molecule has 0 unspecified atom stereocenters. The molecule has 3 aromatic rings. The minimum atomic E-state index is 0.127. The van der Waals surface area contributed by atoms with Crippen molar-refractivity contribution in [2.24, 2.45) is 0 Å². The number of hydrogen-bond acceptors (Lipinski definition) is 3. The molecular weight excluding hydrogens is 264 g/mol. The number of furan rings is 1. The Bertz CT molecular complexity index is 728. The average Bonchev–Trinajstić information content (AvgIpc) is 3.16. The van der Waals surface area contributed by atoms with Crippen LogP contribution in [0.3, 0.4) is 0 Å². The number of imidazole rings is 1. The van der Waals surface area contributed by atoms with Crippen LogP contribution in [0, 0.1) is 0 Å². The van der Waals surface area contributed by atoms with E-state index in [0.29, 0.717) is 6.42 Å². The summed E-state index contributed by atoms with van der Waals surface area (Å²) >= 11 is 0. The zero-order chi connectivity index (χ0) is 14.7. The Morgan fingerprint density at radius 1 is 1.19 bits per heavy atom. The van der Waals surface area contributed by atoms with E-state index < -0.39 is 0 Å². The molecule has 0 atom stereocenters. The molecule has 2 aromatic heterocycles. The van der Waals surface area contributed by atoms with Crippen molar-refractivity contribution in [3.8, 4) is 17.3 Å². The van der Waals surface area contributed by atoms with Crippen molar-refractivity contribution in [3.05, 3.63) is 60.1 Å². The highest BCUT2D eigenvalue weighted by molar-refractivity contribution is 5.55. The minimum Gasteiger partial charge on any atom is -0.458 e. The molecule has 0 aliphatic rings. The highest BCUT2D eigenvalue weighted by atomic mass is 16.3. The van der Waals surface area contributed by atoms with Crippen molar-refractivity contribution >= 4 is 0 Å². The highest BCUT2D eigenvalue weighted by Gasteiger charge is 2.13. The number of aryl methyl sites for hydroxylation is 1. The lowest BCUT2D eigenvalue weighted by Crippen LogP contribution is -2.02. The maximum absolute atomic E-state index is 9.22. The smallest absolute Gasteiger partial charge is 0.180 e. The van der Waals surface area contributed by atoms with Crippen LogP contribution < -0.4 is 0 Å². The van der Waals surface area contributed by atoms with E-state index in [-0.39, 0.29) is 6.61 Å². The lowest BCUT2D eigenvalue weighted by Gasteiger charge is -2.11. The van der Waals surface area contributed by atoms with Gasteiger partial charge in [0, 0.05) is 25.4 Å². The monoisotopic (exact) mass is 282 g/mol. The van der Waals surface area contributed by atoms with Gasteiger partial charge >= 0.3 is 0 Å². The van der Waals surface area contributed by atoms with Gasteiger partial charge in [0.05, 0.1) is 5.69 Å². The first-order chi connectivity index (χ1) is 10.3. The third-order valence-corrected chi connectivity index (χ3v) is 3.50. The van der Waals surface area contributed by atoms with Gasteiger partial charge in [-0.05, 0) is 30.2 Å². The van der Waals surface area contributed by atoms with E-state index in [1.165, 1.54) is 0 Å². The van der Waals surface area contributed by atoms with Crippen molar-refractivity contribution in [1.29, 1.82) is 0 Å². The largest absolute Gasteiger partial charge is 0.458 e. The van der Waals surface area contributed by atoms with Gasteiger partial charge in [-0.3, -0.25) is 4.57 Å². The number of hydrogen-bond donors (Lipinski definition) is 1. The SMILES string of the molecule is CCc1ccc(-c2nccn2-c2ccccc2CCO)o1. The Morgan fingerprint density at radius 2 is 2.05 bits per heavy atom. The molecule has 0 saturated carbocycles. The zero-order valence-electron chi connectivity index (χ0n) is 12.0. The predicted molar refractivity (Wildman–Crippen MR) is 81.4 cm³/mol. The number of aliphatic hydroxyl groups is 1. The van der Waals surface area contributed by atoms with Crippen molar-refractivity contribution in [2.75, 3.05) is 6.61 Å². The van der Waals surface area contributed by atoms with Gasteiger partial charge < -0.3 is 9.52 Å². The van der Waals surface area contributed by atoms with Gasteiger partial charge in [-0.2, -0.15) is 0 Å². The van der Waals surface area contributed by atoms with E-state index in [1.54, 1.807) is 6.20 Å². The Hall–Kier alpha value is -2.33. The molecule has 0 amide bonds. The van der Waals surface area contributed by atoms with Gasteiger partial charge in [-0.15, -0.1) is 0 Å². The maximum Gasteiger partial charge on any atom is 0.180 e. The van der Waals surface area contributed by atoms with Crippen LogP contribution >= 0.6 is 0 Å². The number of rotatable bonds is 5. The highest BCUT2D eigenvalue weighted by Crippen LogP contribution is 2.25. The Labute approximate surface area is 123 Å².